The van der Waals surface area contributed by atoms with Crippen LogP contribution in [-0.2, 0) is 9.47 Å². The van der Waals surface area contributed by atoms with E-state index in [1.165, 1.54) is 0 Å². The van der Waals surface area contributed by atoms with Gasteiger partial charge < -0.3 is 19.7 Å². The molecule has 0 aliphatic carbocycles. The lowest BCUT2D eigenvalue weighted by Gasteiger charge is -2.20. The van der Waals surface area contributed by atoms with Crippen LogP contribution in [0.3, 0.4) is 0 Å². The van der Waals surface area contributed by atoms with E-state index in [-0.39, 0.29) is 44.2 Å². The number of esters is 2. The van der Waals surface area contributed by atoms with Crippen molar-refractivity contribution >= 4 is 46.1 Å². The number of hydrogen-bond donors (Lipinski definition) is 2. The number of rotatable bonds is 5. The third-order valence-electron chi connectivity index (χ3n) is 5.72. The van der Waals surface area contributed by atoms with E-state index >= 15 is 0 Å². The van der Waals surface area contributed by atoms with Gasteiger partial charge in [-0.2, -0.15) is 0 Å². The van der Waals surface area contributed by atoms with E-state index in [1.807, 2.05) is 0 Å². The highest BCUT2D eigenvalue weighted by atomic mass is 16.5. The monoisotopic (exact) mass is 458 g/mol. The second-order valence-electron chi connectivity index (χ2n) is 7.33. The lowest BCUT2D eigenvalue weighted by Crippen LogP contribution is -2.11. The van der Waals surface area contributed by atoms with Crippen LogP contribution in [-0.4, -0.2) is 48.9 Å². The summed E-state index contributed by atoms with van der Waals surface area (Å²) in [5, 5.41) is 22.8. The number of hydrogen-bond acceptors (Lipinski definition) is 8. The summed E-state index contributed by atoms with van der Waals surface area (Å²) in [6.45, 7) is 0. The van der Waals surface area contributed by atoms with Crippen LogP contribution in [0.2, 0.25) is 0 Å². The van der Waals surface area contributed by atoms with Crippen molar-refractivity contribution in [2.24, 2.45) is 0 Å². The summed E-state index contributed by atoms with van der Waals surface area (Å²) < 4.78 is 9.60. The summed E-state index contributed by atoms with van der Waals surface area (Å²) in [5.74, 6) is -2.85. The maximum absolute atomic E-state index is 12.6. The fourth-order valence-electron chi connectivity index (χ4n) is 4.27. The average molecular weight is 458 g/mol. The van der Waals surface area contributed by atoms with E-state index < -0.39 is 23.4 Å². The van der Waals surface area contributed by atoms with Crippen LogP contribution in [0.4, 0.5) is 0 Å². The minimum atomic E-state index is -0.962. The Hall–Kier alpha value is -4.72. The number of methoxy groups -OCH3 is 2. The fraction of sp³-hybridized carbons (Fsp3) is 0.0769. The first-order valence-electron chi connectivity index (χ1n) is 10.0. The zero-order chi connectivity index (χ0) is 24.6. The number of ether oxygens (including phenoxy) is 2. The molecule has 0 amide bonds. The molecule has 0 fully saturated rings. The SMILES string of the molecule is COC(=O)c1c(C=O)c(-c2c(C=O)c(C(=O)OC)c(O)c3ccccc23)c2ccccc2c1O. The number of phenols is 2. The number of phenolic OH excluding ortho intramolecular Hbond substituents is 2. The maximum atomic E-state index is 12.6. The first-order chi connectivity index (χ1) is 16.4. The van der Waals surface area contributed by atoms with E-state index in [9.17, 15) is 29.4 Å². The van der Waals surface area contributed by atoms with Crippen molar-refractivity contribution in [3.05, 3.63) is 70.8 Å². The largest absolute Gasteiger partial charge is 0.506 e. The molecule has 0 aromatic heterocycles. The minimum Gasteiger partial charge on any atom is -0.506 e. The molecule has 4 aromatic carbocycles. The highest BCUT2D eigenvalue weighted by molar-refractivity contribution is 6.23. The van der Waals surface area contributed by atoms with Gasteiger partial charge in [0.15, 0.2) is 12.6 Å². The second-order valence-corrected chi connectivity index (χ2v) is 7.33. The van der Waals surface area contributed by atoms with Gasteiger partial charge in [0.05, 0.1) is 14.2 Å². The Morgan fingerprint density at radius 2 is 0.971 bits per heavy atom. The Kier molecular flexibility index (Phi) is 5.73. The standard InChI is InChI=1S/C26H18O8/c1-33-25(31)21-17(11-27)19(13-7-3-5-9-15(13)23(21)29)20-14-8-4-6-10-16(14)24(30)22(18(20)12-28)26(32)34-2/h3-12,29-30H,1-2H3. The highest BCUT2D eigenvalue weighted by Crippen LogP contribution is 2.47. The minimum absolute atomic E-state index is 0.118. The van der Waals surface area contributed by atoms with Crippen LogP contribution >= 0.6 is 0 Å². The van der Waals surface area contributed by atoms with E-state index in [1.54, 1.807) is 48.5 Å². The quantitative estimate of drug-likeness (QED) is 0.335. The van der Waals surface area contributed by atoms with Gasteiger partial charge in [-0.05, 0) is 10.8 Å². The van der Waals surface area contributed by atoms with Crippen LogP contribution in [0.1, 0.15) is 41.4 Å². The molecular weight excluding hydrogens is 440 g/mol. The molecular formula is C26H18O8. The summed E-state index contributed by atoms with van der Waals surface area (Å²) in [7, 11) is 2.21. The molecule has 0 atom stereocenters. The Balaban J connectivity index is 2.38. The van der Waals surface area contributed by atoms with Gasteiger partial charge in [0.2, 0.25) is 0 Å². The Labute approximate surface area is 193 Å². The van der Waals surface area contributed by atoms with E-state index in [4.69, 9.17) is 9.47 Å². The summed E-state index contributed by atoms with van der Waals surface area (Å²) in [4.78, 5) is 50.0. The Morgan fingerprint density at radius 3 is 1.26 bits per heavy atom. The van der Waals surface area contributed by atoms with Crippen LogP contribution in [0.5, 0.6) is 11.5 Å². The third-order valence-corrected chi connectivity index (χ3v) is 5.72. The van der Waals surface area contributed by atoms with Crippen molar-refractivity contribution in [1.29, 1.82) is 0 Å². The molecule has 0 heterocycles. The number of fused-ring (bicyclic) bond motifs is 2. The Morgan fingerprint density at radius 1 is 0.647 bits per heavy atom. The van der Waals surface area contributed by atoms with Crippen LogP contribution in [0.25, 0.3) is 32.7 Å². The Bertz CT molecular complexity index is 1400. The van der Waals surface area contributed by atoms with Crippen molar-refractivity contribution in [2.75, 3.05) is 14.2 Å². The number of carbonyl (C=O) groups is 4. The zero-order valence-electron chi connectivity index (χ0n) is 18.1. The fourth-order valence-corrected chi connectivity index (χ4v) is 4.27. The smallest absolute Gasteiger partial charge is 0.342 e. The first-order valence-corrected chi connectivity index (χ1v) is 10.0. The van der Waals surface area contributed by atoms with Gasteiger partial charge in [0.25, 0.3) is 0 Å². The molecule has 34 heavy (non-hydrogen) atoms. The van der Waals surface area contributed by atoms with Crippen LogP contribution < -0.4 is 0 Å². The summed E-state index contributed by atoms with van der Waals surface area (Å²) in [6, 6.07) is 12.9. The van der Waals surface area contributed by atoms with Crippen molar-refractivity contribution in [1.82, 2.24) is 0 Å². The predicted octanol–water partition coefficient (Wildman–Crippen LogP) is 4.27. The van der Waals surface area contributed by atoms with Gasteiger partial charge in [-0.15, -0.1) is 0 Å². The van der Waals surface area contributed by atoms with Gasteiger partial charge in [0.1, 0.15) is 22.6 Å². The molecule has 0 unspecified atom stereocenters. The van der Waals surface area contributed by atoms with E-state index in [0.717, 1.165) is 14.2 Å². The molecule has 0 radical (unpaired) electrons. The third kappa shape index (κ3) is 3.15. The van der Waals surface area contributed by atoms with Crippen molar-refractivity contribution in [3.63, 3.8) is 0 Å². The molecule has 170 valence electrons. The lowest BCUT2D eigenvalue weighted by molar-refractivity contribution is 0.0586. The van der Waals surface area contributed by atoms with Crippen LogP contribution in [0, 0.1) is 0 Å². The molecule has 4 aromatic rings. The van der Waals surface area contributed by atoms with Crippen molar-refractivity contribution < 1.29 is 38.9 Å². The molecule has 0 saturated carbocycles. The first kappa shape index (κ1) is 22.5. The van der Waals surface area contributed by atoms with Gasteiger partial charge in [-0.3, -0.25) is 9.59 Å². The van der Waals surface area contributed by atoms with Crippen LogP contribution in [0.15, 0.2) is 48.5 Å². The van der Waals surface area contributed by atoms with Crippen molar-refractivity contribution in [2.45, 2.75) is 0 Å². The van der Waals surface area contributed by atoms with E-state index in [2.05, 4.69) is 0 Å². The molecule has 0 aliphatic heterocycles. The summed E-state index contributed by atoms with van der Waals surface area (Å²) in [5.41, 5.74) is -1.02. The summed E-state index contributed by atoms with van der Waals surface area (Å²) >= 11 is 0. The van der Waals surface area contributed by atoms with Crippen molar-refractivity contribution in [3.8, 4) is 22.6 Å². The number of carbonyl (C=O) groups excluding carboxylic acids is 4. The average Bonchev–Trinajstić information content (AvgIpc) is 2.88. The molecule has 8 nitrogen and oxygen atoms in total. The predicted molar refractivity (Wildman–Crippen MR) is 124 cm³/mol. The van der Waals surface area contributed by atoms with Gasteiger partial charge in [0, 0.05) is 33.0 Å². The number of aldehydes is 2. The molecule has 2 N–H and O–H groups in total. The van der Waals surface area contributed by atoms with E-state index in [0.29, 0.717) is 23.3 Å². The zero-order valence-corrected chi connectivity index (χ0v) is 18.1. The molecule has 0 bridgehead atoms. The maximum Gasteiger partial charge on any atom is 0.342 e. The molecule has 4 rings (SSSR count). The topological polar surface area (TPSA) is 127 Å². The number of benzene rings is 4. The molecule has 0 saturated heterocycles. The van der Waals surface area contributed by atoms with Gasteiger partial charge in [-0.1, -0.05) is 48.5 Å². The number of aromatic hydroxyl groups is 2. The molecule has 0 aliphatic rings. The molecule has 0 spiro atoms. The normalized spacial score (nSPS) is 10.8. The molecule has 8 heteroatoms. The van der Waals surface area contributed by atoms with Gasteiger partial charge >= 0.3 is 11.9 Å². The summed E-state index contributed by atoms with van der Waals surface area (Å²) in [6.07, 6.45) is 0.754. The second kappa shape index (κ2) is 8.67. The van der Waals surface area contributed by atoms with Gasteiger partial charge in [-0.25, -0.2) is 9.59 Å². The highest BCUT2D eigenvalue weighted by Gasteiger charge is 2.31. The lowest BCUT2D eigenvalue weighted by atomic mass is 9.83.